The minimum Gasteiger partial charge on any atom is -0.328 e. The molecule has 0 spiro atoms. The number of hydrogen-bond donors (Lipinski definition) is 1. The van der Waals surface area contributed by atoms with E-state index in [1.165, 1.54) is 0 Å². The molecular formula is C16H20F3N3. The number of hydrogen-bond acceptors (Lipinski definition) is 2. The van der Waals surface area contributed by atoms with Gasteiger partial charge in [-0.1, -0.05) is 24.3 Å². The van der Waals surface area contributed by atoms with Gasteiger partial charge in [-0.25, -0.2) is 4.98 Å². The van der Waals surface area contributed by atoms with Crippen molar-refractivity contribution in [2.45, 2.75) is 39.0 Å². The summed E-state index contributed by atoms with van der Waals surface area (Å²) < 4.78 is 40.2. The smallest absolute Gasteiger partial charge is 0.328 e. The topological polar surface area (TPSA) is 29.9 Å². The molecule has 1 N–H and O–H groups in total. The van der Waals surface area contributed by atoms with Crippen LogP contribution in [0.1, 0.15) is 44.1 Å². The van der Waals surface area contributed by atoms with Gasteiger partial charge in [-0.15, -0.1) is 0 Å². The molecule has 6 heteroatoms. The summed E-state index contributed by atoms with van der Waals surface area (Å²) >= 11 is 0. The standard InChI is InChI=1S/C16H20F3N3/c1-10(2)22-9-14(16(17,18)19)21-15(22)13-7-5-12(6-8-13)11(3)20-4/h5-11,20H,1-4H3. The van der Waals surface area contributed by atoms with Crippen molar-refractivity contribution in [2.75, 3.05) is 7.05 Å². The van der Waals surface area contributed by atoms with E-state index in [1.807, 2.05) is 52.1 Å². The molecule has 1 atom stereocenters. The van der Waals surface area contributed by atoms with Gasteiger partial charge in [-0.3, -0.25) is 0 Å². The van der Waals surface area contributed by atoms with Crippen molar-refractivity contribution in [1.82, 2.24) is 14.9 Å². The van der Waals surface area contributed by atoms with Crippen LogP contribution in [-0.2, 0) is 6.18 Å². The first kappa shape index (κ1) is 16.5. The largest absolute Gasteiger partial charge is 0.434 e. The Balaban J connectivity index is 2.45. The number of nitrogens with one attached hydrogen (secondary N) is 1. The number of rotatable bonds is 4. The molecule has 0 radical (unpaired) electrons. The third kappa shape index (κ3) is 3.32. The highest BCUT2D eigenvalue weighted by atomic mass is 19.4. The van der Waals surface area contributed by atoms with Crippen LogP contribution in [0.5, 0.6) is 0 Å². The lowest BCUT2D eigenvalue weighted by Gasteiger charge is -2.13. The van der Waals surface area contributed by atoms with Crippen LogP contribution in [0, 0.1) is 0 Å². The molecule has 1 unspecified atom stereocenters. The number of alkyl halides is 3. The predicted octanol–water partition coefficient (Wildman–Crippen LogP) is 4.43. The highest BCUT2D eigenvalue weighted by molar-refractivity contribution is 5.57. The van der Waals surface area contributed by atoms with Crippen LogP contribution in [0.3, 0.4) is 0 Å². The predicted molar refractivity (Wildman–Crippen MR) is 80.5 cm³/mol. The normalized spacial score (nSPS) is 13.6. The number of aromatic nitrogens is 2. The van der Waals surface area contributed by atoms with Gasteiger partial charge in [0, 0.05) is 23.8 Å². The Hall–Kier alpha value is -1.82. The molecule has 1 aromatic heterocycles. The van der Waals surface area contributed by atoms with Crippen LogP contribution in [-0.4, -0.2) is 16.6 Å². The summed E-state index contributed by atoms with van der Waals surface area (Å²) in [5.41, 5.74) is 0.894. The number of imidazole rings is 1. The summed E-state index contributed by atoms with van der Waals surface area (Å²) in [4.78, 5) is 3.79. The second-order valence-electron chi connectivity index (χ2n) is 5.58. The summed E-state index contributed by atoms with van der Waals surface area (Å²) in [6, 6.07) is 7.51. The summed E-state index contributed by atoms with van der Waals surface area (Å²) in [5.74, 6) is 0.339. The van der Waals surface area contributed by atoms with Gasteiger partial charge in [0.15, 0.2) is 5.69 Å². The summed E-state index contributed by atoms with van der Waals surface area (Å²) in [7, 11) is 1.86. The van der Waals surface area contributed by atoms with Gasteiger partial charge < -0.3 is 9.88 Å². The zero-order valence-electron chi connectivity index (χ0n) is 13.1. The third-order valence-corrected chi connectivity index (χ3v) is 3.68. The molecule has 1 heterocycles. The van der Waals surface area contributed by atoms with Gasteiger partial charge in [0.2, 0.25) is 0 Å². The Kier molecular flexibility index (Phi) is 4.60. The summed E-state index contributed by atoms with van der Waals surface area (Å²) in [5, 5.41) is 3.12. The molecule has 22 heavy (non-hydrogen) atoms. The van der Waals surface area contributed by atoms with E-state index in [2.05, 4.69) is 10.3 Å². The highest BCUT2D eigenvalue weighted by Gasteiger charge is 2.35. The van der Waals surface area contributed by atoms with Crippen molar-refractivity contribution >= 4 is 0 Å². The molecule has 0 fully saturated rings. The monoisotopic (exact) mass is 311 g/mol. The van der Waals surface area contributed by atoms with E-state index in [9.17, 15) is 13.2 Å². The van der Waals surface area contributed by atoms with Gasteiger partial charge in [-0.05, 0) is 33.4 Å². The maximum absolute atomic E-state index is 12.9. The van der Waals surface area contributed by atoms with Crippen molar-refractivity contribution < 1.29 is 13.2 Å². The van der Waals surface area contributed by atoms with Crippen LogP contribution < -0.4 is 5.32 Å². The molecule has 3 nitrogen and oxygen atoms in total. The zero-order valence-corrected chi connectivity index (χ0v) is 13.1. The van der Waals surface area contributed by atoms with Crippen molar-refractivity contribution in [1.29, 1.82) is 0 Å². The molecule has 120 valence electrons. The fourth-order valence-corrected chi connectivity index (χ4v) is 2.22. The van der Waals surface area contributed by atoms with Gasteiger partial charge in [0.1, 0.15) is 5.82 Å². The first-order chi connectivity index (χ1) is 10.2. The Morgan fingerprint density at radius 1 is 1.09 bits per heavy atom. The van der Waals surface area contributed by atoms with Gasteiger partial charge in [-0.2, -0.15) is 13.2 Å². The lowest BCUT2D eigenvalue weighted by atomic mass is 10.1. The van der Waals surface area contributed by atoms with Crippen LogP contribution in [0.25, 0.3) is 11.4 Å². The molecule has 0 amide bonds. The van der Waals surface area contributed by atoms with Crippen molar-refractivity contribution in [3.05, 3.63) is 41.7 Å². The molecule has 2 aromatic rings. The van der Waals surface area contributed by atoms with E-state index in [1.54, 1.807) is 4.57 Å². The molecule has 2 rings (SSSR count). The van der Waals surface area contributed by atoms with Gasteiger partial charge >= 0.3 is 6.18 Å². The minimum atomic E-state index is -4.44. The van der Waals surface area contributed by atoms with Crippen LogP contribution in [0.2, 0.25) is 0 Å². The van der Waals surface area contributed by atoms with Gasteiger partial charge in [0.05, 0.1) is 0 Å². The van der Waals surface area contributed by atoms with Crippen LogP contribution in [0.4, 0.5) is 13.2 Å². The average molecular weight is 311 g/mol. The lowest BCUT2D eigenvalue weighted by molar-refractivity contribution is -0.140. The number of benzene rings is 1. The van der Waals surface area contributed by atoms with Gasteiger partial charge in [0.25, 0.3) is 0 Å². The zero-order chi connectivity index (χ0) is 16.5. The molecule has 0 aliphatic carbocycles. The first-order valence-corrected chi connectivity index (χ1v) is 7.17. The molecule has 1 aromatic carbocycles. The fourth-order valence-electron chi connectivity index (χ4n) is 2.22. The molecule has 0 aliphatic heterocycles. The quantitative estimate of drug-likeness (QED) is 0.905. The highest BCUT2D eigenvalue weighted by Crippen LogP contribution is 2.32. The Bertz CT molecular complexity index is 627. The number of halogens is 3. The SMILES string of the molecule is CNC(C)c1ccc(-c2nc(C(F)(F)F)cn2C(C)C)cc1. The molecule has 0 saturated carbocycles. The minimum absolute atomic E-state index is 0.102. The van der Waals surface area contributed by atoms with Crippen molar-refractivity contribution in [3.8, 4) is 11.4 Å². The van der Waals surface area contributed by atoms with E-state index >= 15 is 0 Å². The van der Waals surface area contributed by atoms with Crippen LogP contribution >= 0.6 is 0 Å². The maximum Gasteiger partial charge on any atom is 0.434 e. The molecule has 0 bridgehead atoms. The van der Waals surface area contributed by atoms with E-state index in [-0.39, 0.29) is 12.1 Å². The average Bonchev–Trinajstić information content (AvgIpc) is 2.92. The second kappa shape index (κ2) is 6.12. The first-order valence-electron chi connectivity index (χ1n) is 7.17. The van der Waals surface area contributed by atoms with E-state index < -0.39 is 11.9 Å². The van der Waals surface area contributed by atoms with Crippen molar-refractivity contribution in [3.63, 3.8) is 0 Å². The molecule has 0 aliphatic rings. The van der Waals surface area contributed by atoms with E-state index in [0.717, 1.165) is 11.8 Å². The Labute approximate surface area is 128 Å². The van der Waals surface area contributed by atoms with E-state index in [0.29, 0.717) is 11.4 Å². The maximum atomic E-state index is 12.9. The third-order valence-electron chi connectivity index (χ3n) is 3.68. The summed E-state index contributed by atoms with van der Waals surface area (Å²) in [6.07, 6.45) is -3.36. The van der Waals surface area contributed by atoms with Crippen LogP contribution in [0.15, 0.2) is 30.5 Å². The lowest BCUT2D eigenvalue weighted by Crippen LogP contribution is -2.12. The molecule has 0 saturated heterocycles. The number of nitrogens with zero attached hydrogens (tertiary/aromatic N) is 2. The fraction of sp³-hybridized carbons (Fsp3) is 0.438. The summed E-state index contributed by atoms with van der Waals surface area (Å²) in [6.45, 7) is 5.69. The Morgan fingerprint density at radius 3 is 2.14 bits per heavy atom. The Morgan fingerprint density at radius 2 is 1.68 bits per heavy atom. The van der Waals surface area contributed by atoms with Crippen molar-refractivity contribution in [2.24, 2.45) is 0 Å². The second-order valence-corrected chi connectivity index (χ2v) is 5.58. The molecular weight excluding hydrogens is 291 g/mol. The van der Waals surface area contributed by atoms with E-state index in [4.69, 9.17) is 0 Å².